The van der Waals surface area contributed by atoms with Crippen molar-refractivity contribution < 1.29 is 28.5 Å². The molecule has 0 saturated heterocycles. The summed E-state index contributed by atoms with van der Waals surface area (Å²) in [6, 6.07) is 14.4. The lowest BCUT2D eigenvalue weighted by molar-refractivity contribution is -0.139. The van der Waals surface area contributed by atoms with Crippen LogP contribution in [-0.4, -0.2) is 38.0 Å². The molecule has 4 aromatic rings. The number of nitrogens with zero attached hydrogens (tertiary/aromatic N) is 2. The lowest BCUT2D eigenvalue weighted by atomic mass is 9.94. The summed E-state index contributed by atoms with van der Waals surface area (Å²) in [6.45, 7) is 12.6. The van der Waals surface area contributed by atoms with Crippen LogP contribution in [0.15, 0.2) is 69.6 Å². The number of carbonyl (C=O) groups is 1. The Bertz CT molecular complexity index is 2020. The fraction of sp³-hybridized carbons (Fsp3) is 0.324. The van der Waals surface area contributed by atoms with Gasteiger partial charge in [0.2, 0.25) is 0 Å². The first-order valence-corrected chi connectivity index (χ1v) is 16.3. The summed E-state index contributed by atoms with van der Waals surface area (Å²) < 4.78 is 30.9. The SMILES string of the molecule is CCOC(=O)C1=C(C)N=c2sc(=Cc3ccc(OCc4c(C)cc(C)cc4C)c(OC)c3)c(=O)n2C1c1cccc(OC)c1OCC. The van der Waals surface area contributed by atoms with E-state index in [0.717, 1.165) is 11.1 Å². The molecule has 1 aliphatic rings. The van der Waals surface area contributed by atoms with Gasteiger partial charge >= 0.3 is 5.97 Å². The Kier molecular flexibility index (Phi) is 10.2. The highest BCUT2D eigenvalue weighted by molar-refractivity contribution is 7.07. The molecule has 0 spiro atoms. The van der Waals surface area contributed by atoms with Gasteiger partial charge in [-0.05, 0) is 88.1 Å². The van der Waals surface area contributed by atoms with Crippen LogP contribution in [0.4, 0.5) is 0 Å². The van der Waals surface area contributed by atoms with E-state index in [1.54, 1.807) is 40.2 Å². The number of benzene rings is 3. The third-order valence-corrected chi connectivity index (χ3v) is 9.01. The molecule has 10 heteroatoms. The number of para-hydroxylation sites is 1. The molecule has 47 heavy (non-hydrogen) atoms. The number of allylic oxidation sites excluding steroid dienone is 1. The topological polar surface area (TPSA) is 97.6 Å². The molecule has 1 unspecified atom stereocenters. The Morgan fingerprint density at radius 2 is 1.64 bits per heavy atom. The number of carbonyl (C=O) groups excluding carboxylic acids is 1. The van der Waals surface area contributed by atoms with Gasteiger partial charge in [0, 0.05) is 5.56 Å². The molecule has 0 bridgehead atoms. The summed E-state index contributed by atoms with van der Waals surface area (Å²) in [6.07, 6.45) is 1.79. The molecule has 246 valence electrons. The van der Waals surface area contributed by atoms with Crippen molar-refractivity contribution in [2.75, 3.05) is 27.4 Å². The molecular weight excluding hydrogens is 616 g/mol. The normalized spacial score (nSPS) is 14.4. The number of rotatable bonds is 11. The van der Waals surface area contributed by atoms with Gasteiger partial charge in [0.05, 0.1) is 43.2 Å². The van der Waals surface area contributed by atoms with Crippen molar-refractivity contribution in [3.8, 4) is 23.0 Å². The van der Waals surface area contributed by atoms with Gasteiger partial charge in [-0.15, -0.1) is 0 Å². The molecule has 1 aromatic heterocycles. The van der Waals surface area contributed by atoms with Crippen LogP contribution in [0.5, 0.6) is 23.0 Å². The fourth-order valence-electron chi connectivity index (χ4n) is 5.93. The van der Waals surface area contributed by atoms with Gasteiger partial charge in [0.1, 0.15) is 12.6 Å². The molecule has 0 radical (unpaired) electrons. The Hall–Kier alpha value is -4.83. The third kappa shape index (κ3) is 6.69. The Morgan fingerprint density at radius 3 is 2.30 bits per heavy atom. The summed E-state index contributed by atoms with van der Waals surface area (Å²) in [7, 11) is 3.14. The average molecular weight is 657 g/mol. The van der Waals surface area contributed by atoms with Crippen molar-refractivity contribution in [1.82, 2.24) is 4.57 Å². The summed E-state index contributed by atoms with van der Waals surface area (Å²) in [5, 5.41) is 0. The average Bonchev–Trinajstić information content (AvgIpc) is 3.34. The molecule has 2 heterocycles. The quantitative estimate of drug-likeness (QED) is 0.191. The van der Waals surface area contributed by atoms with Gasteiger partial charge in [0.15, 0.2) is 27.8 Å². The first-order valence-electron chi connectivity index (χ1n) is 15.5. The molecule has 9 nitrogen and oxygen atoms in total. The number of ether oxygens (including phenoxy) is 5. The maximum Gasteiger partial charge on any atom is 0.338 e. The summed E-state index contributed by atoms with van der Waals surface area (Å²) in [5.74, 6) is 1.54. The van der Waals surface area contributed by atoms with E-state index < -0.39 is 12.0 Å². The molecule has 1 aliphatic heterocycles. The van der Waals surface area contributed by atoms with Crippen molar-refractivity contribution in [1.29, 1.82) is 0 Å². The van der Waals surface area contributed by atoms with E-state index in [1.165, 1.54) is 32.6 Å². The van der Waals surface area contributed by atoms with Gasteiger partial charge < -0.3 is 23.7 Å². The number of aromatic nitrogens is 1. The molecule has 1 atom stereocenters. The van der Waals surface area contributed by atoms with Gasteiger partial charge in [0.25, 0.3) is 5.56 Å². The van der Waals surface area contributed by atoms with Crippen molar-refractivity contribution >= 4 is 23.4 Å². The predicted octanol–water partition coefficient (Wildman–Crippen LogP) is 5.72. The lowest BCUT2D eigenvalue weighted by Gasteiger charge is -2.26. The molecule has 0 saturated carbocycles. The van der Waals surface area contributed by atoms with Crippen LogP contribution in [0.1, 0.15) is 60.2 Å². The molecule has 0 N–H and O–H groups in total. The first-order chi connectivity index (χ1) is 22.6. The van der Waals surface area contributed by atoms with E-state index in [9.17, 15) is 9.59 Å². The third-order valence-electron chi connectivity index (χ3n) is 8.03. The smallest absolute Gasteiger partial charge is 0.338 e. The molecule has 3 aromatic carbocycles. The van der Waals surface area contributed by atoms with Crippen molar-refractivity contribution in [3.63, 3.8) is 0 Å². The van der Waals surface area contributed by atoms with Crippen molar-refractivity contribution in [2.24, 2.45) is 4.99 Å². The van der Waals surface area contributed by atoms with Crippen molar-refractivity contribution in [3.05, 3.63) is 113 Å². The zero-order valence-electron chi connectivity index (χ0n) is 28.1. The highest BCUT2D eigenvalue weighted by atomic mass is 32.1. The second-order valence-corrected chi connectivity index (χ2v) is 12.2. The van der Waals surface area contributed by atoms with Crippen LogP contribution in [0, 0.1) is 20.8 Å². The predicted molar refractivity (Wildman–Crippen MR) is 183 cm³/mol. The van der Waals surface area contributed by atoms with Gasteiger partial charge in [-0.2, -0.15) is 0 Å². The minimum absolute atomic E-state index is 0.176. The van der Waals surface area contributed by atoms with Crippen LogP contribution < -0.4 is 33.8 Å². The Morgan fingerprint density at radius 1 is 0.915 bits per heavy atom. The van der Waals surface area contributed by atoms with Crippen LogP contribution >= 0.6 is 11.3 Å². The number of aryl methyl sites for hydroxylation is 3. The second-order valence-electron chi connectivity index (χ2n) is 11.2. The summed E-state index contributed by atoms with van der Waals surface area (Å²) in [4.78, 5) is 32.7. The van der Waals surface area contributed by atoms with E-state index in [0.29, 0.717) is 56.8 Å². The number of hydrogen-bond donors (Lipinski definition) is 0. The van der Waals surface area contributed by atoms with Gasteiger partial charge in [-0.1, -0.05) is 47.2 Å². The molecule has 0 aliphatic carbocycles. The molecule has 0 amide bonds. The number of thiazole rings is 1. The molecule has 5 rings (SSSR count). The van der Waals surface area contributed by atoms with Gasteiger partial charge in [-0.3, -0.25) is 9.36 Å². The van der Waals surface area contributed by atoms with Crippen LogP contribution in [-0.2, 0) is 16.1 Å². The number of hydrogen-bond acceptors (Lipinski definition) is 9. The molecular formula is C37H40N2O7S. The standard InChI is InChI=1S/C37H40N2O7S/c1-9-44-34-26(12-11-13-29(34)42-7)33-32(36(41)45-10-2)24(6)38-37-39(33)35(40)31(47-37)19-25-14-15-28(30(18-25)43-8)46-20-27-22(4)16-21(3)17-23(27)5/h11-19,33H,9-10,20H2,1-8H3. The zero-order chi connectivity index (χ0) is 33.8. The summed E-state index contributed by atoms with van der Waals surface area (Å²) >= 11 is 1.24. The minimum Gasteiger partial charge on any atom is -0.493 e. The van der Waals surface area contributed by atoms with Crippen molar-refractivity contribution in [2.45, 2.75) is 54.2 Å². The van der Waals surface area contributed by atoms with Crippen LogP contribution in [0.25, 0.3) is 6.08 Å². The maximum atomic E-state index is 14.2. The van der Waals surface area contributed by atoms with E-state index in [-0.39, 0.29) is 17.7 Å². The number of esters is 1. The fourth-order valence-corrected chi connectivity index (χ4v) is 6.97. The highest BCUT2D eigenvalue weighted by Crippen LogP contribution is 2.41. The van der Waals surface area contributed by atoms with Crippen LogP contribution in [0.3, 0.4) is 0 Å². The van der Waals surface area contributed by atoms with E-state index in [1.807, 2.05) is 37.3 Å². The van der Waals surface area contributed by atoms with Crippen LogP contribution in [0.2, 0.25) is 0 Å². The van der Waals surface area contributed by atoms with Gasteiger partial charge in [-0.25, -0.2) is 9.79 Å². The monoisotopic (exact) mass is 656 g/mol. The Balaban J connectivity index is 1.59. The summed E-state index contributed by atoms with van der Waals surface area (Å²) in [5.41, 5.74) is 6.48. The van der Waals surface area contributed by atoms with E-state index in [2.05, 4.69) is 32.9 Å². The lowest BCUT2D eigenvalue weighted by Crippen LogP contribution is -2.40. The number of methoxy groups -OCH3 is 2. The second kappa shape index (κ2) is 14.3. The maximum absolute atomic E-state index is 14.2. The van der Waals surface area contributed by atoms with E-state index in [4.69, 9.17) is 28.7 Å². The minimum atomic E-state index is -0.844. The number of fused-ring (bicyclic) bond motifs is 1. The first kappa shape index (κ1) is 33.5. The largest absolute Gasteiger partial charge is 0.493 e. The zero-order valence-corrected chi connectivity index (χ0v) is 28.9. The highest BCUT2D eigenvalue weighted by Gasteiger charge is 2.36. The molecule has 0 fully saturated rings. The Labute approximate surface area is 278 Å². The van der Waals surface area contributed by atoms with E-state index >= 15 is 0 Å².